The van der Waals surface area contributed by atoms with Crippen LogP contribution in [0.25, 0.3) is 0 Å². The summed E-state index contributed by atoms with van der Waals surface area (Å²) in [5.74, 6) is -0.566. The third kappa shape index (κ3) is 2.99. The zero-order valence-electron chi connectivity index (χ0n) is 12.7. The third-order valence-electron chi connectivity index (χ3n) is 3.77. The fraction of sp³-hybridized carbons (Fsp3) is 0.167. The van der Waals surface area contributed by atoms with E-state index in [0.717, 1.165) is 0 Å². The molecule has 1 N–H and O–H groups in total. The molecule has 0 aromatic heterocycles. The number of hydrogen-bond acceptors (Lipinski definition) is 4. The molecule has 1 atom stereocenters. The fourth-order valence-corrected chi connectivity index (χ4v) is 2.62. The van der Waals surface area contributed by atoms with Gasteiger partial charge in [0.25, 0.3) is 5.91 Å². The fourth-order valence-electron chi connectivity index (χ4n) is 2.62. The summed E-state index contributed by atoms with van der Waals surface area (Å²) < 4.78 is 0. The average molecular weight is 308 g/mol. The molecule has 5 heteroatoms. The molecular weight excluding hydrogens is 292 g/mol. The van der Waals surface area contributed by atoms with Gasteiger partial charge in [0.05, 0.1) is 12.1 Å². The predicted octanol–water partition coefficient (Wildman–Crippen LogP) is 2.63. The van der Waals surface area contributed by atoms with Gasteiger partial charge in [-0.1, -0.05) is 30.3 Å². The number of para-hydroxylation sites is 1. The monoisotopic (exact) mass is 308 g/mol. The molecule has 1 saturated heterocycles. The summed E-state index contributed by atoms with van der Waals surface area (Å²) in [7, 11) is 0. The summed E-state index contributed by atoms with van der Waals surface area (Å²) in [5.41, 5.74) is 1.79. The average Bonchev–Trinajstić information content (AvgIpc) is 2.82. The van der Waals surface area contributed by atoms with E-state index in [0.29, 0.717) is 16.9 Å². The van der Waals surface area contributed by atoms with Gasteiger partial charge in [0.15, 0.2) is 5.78 Å². The molecule has 5 nitrogen and oxygen atoms in total. The molecule has 2 aromatic rings. The zero-order chi connectivity index (χ0) is 16.4. The van der Waals surface area contributed by atoms with Crippen LogP contribution in [0.3, 0.4) is 0 Å². The van der Waals surface area contributed by atoms with Gasteiger partial charge in [0, 0.05) is 11.3 Å². The van der Waals surface area contributed by atoms with Gasteiger partial charge in [-0.3, -0.25) is 14.4 Å². The summed E-state index contributed by atoms with van der Waals surface area (Å²) in [6.07, 6.45) is 0.0953. The summed E-state index contributed by atoms with van der Waals surface area (Å²) in [6.45, 7) is 1.49. The Hall–Kier alpha value is -2.95. The van der Waals surface area contributed by atoms with Gasteiger partial charge in [0.2, 0.25) is 5.91 Å². The van der Waals surface area contributed by atoms with Gasteiger partial charge in [-0.2, -0.15) is 0 Å². The SMILES string of the molecule is CC(=O)c1cccc(NC2CC(=O)N(c3ccccc3)C2=O)c1. The molecule has 1 unspecified atom stereocenters. The van der Waals surface area contributed by atoms with Crippen LogP contribution in [0.15, 0.2) is 54.6 Å². The van der Waals surface area contributed by atoms with Crippen LogP contribution in [-0.4, -0.2) is 23.6 Å². The van der Waals surface area contributed by atoms with Crippen molar-refractivity contribution < 1.29 is 14.4 Å². The number of hydrogen-bond donors (Lipinski definition) is 1. The zero-order valence-corrected chi connectivity index (χ0v) is 12.7. The molecule has 1 fully saturated rings. The first-order chi connectivity index (χ1) is 11.1. The lowest BCUT2D eigenvalue weighted by Gasteiger charge is -2.16. The van der Waals surface area contributed by atoms with Gasteiger partial charge in [-0.05, 0) is 31.2 Å². The van der Waals surface area contributed by atoms with Crippen molar-refractivity contribution in [1.82, 2.24) is 0 Å². The number of anilines is 2. The maximum absolute atomic E-state index is 12.5. The van der Waals surface area contributed by atoms with Crippen LogP contribution in [0.4, 0.5) is 11.4 Å². The van der Waals surface area contributed by atoms with Crippen molar-refractivity contribution >= 4 is 29.0 Å². The molecule has 0 radical (unpaired) electrons. The standard InChI is InChI=1S/C18H16N2O3/c1-12(21)13-6-5-7-14(10-13)19-16-11-17(22)20(18(16)23)15-8-3-2-4-9-15/h2-10,16,19H,11H2,1H3. The van der Waals surface area contributed by atoms with E-state index < -0.39 is 6.04 Å². The second kappa shape index (κ2) is 6.04. The lowest BCUT2D eigenvalue weighted by atomic mass is 10.1. The van der Waals surface area contributed by atoms with Crippen LogP contribution in [0.1, 0.15) is 23.7 Å². The first-order valence-corrected chi connectivity index (χ1v) is 7.35. The van der Waals surface area contributed by atoms with Crippen molar-refractivity contribution in [2.75, 3.05) is 10.2 Å². The number of imide groups is 1. The Kier molecular flexibility index (Phi) is 3.93. The third-order valence-corrected chi connectivity index (χ3v) is 3.77. The Morgan fingerprint density at radius 3 is 2.52 bits per heavy atom. The topological polar surface area (TPSA) is 66.5 Å². The van der Waals surface area contributed by atoms with Crippen LogP contribution in [0.5, 0.6) is 0 Å². The van der Waals surface area contributed by atoms with E-state index in [9.17, 15) is 14.4 Å². The number of nitrogens with one attached hydrogen (secondary N) is 1. The molecule has 1 aliphatic heterocycles. The second-order valence-corrected chi connectivity index (χ2v) is 5.44. The van der Waals surface area contributed by atoms with Crippen molar-refractivity contribution in [3.8, 4) is 0 Å². The van der Waals surface area contributed by atoms with E-state index in [1.807, 2.05) is 6.07 Å². The van der Waals surface area contributed by atoms with E-state index in [1.165, 1.54) is 11.8 Å². The van der Waals surface area contributed by atoms with Gasteiger partial charge < -0.3 is 5.32 Å². The molecule has 0 bridgehead atoms. The molecule has 0 saturated carbocycles. The molecule has 1 heterocycles. The van der Waals surface area contributed by atoms with Crippen LogP contribution in [0.2, 0.25) is 0 Å². The lowest BCUT2D eigenvalue weighted by molar-refractivity contribution is -0.121. The lowest BCUT2D eigenvalue weighted by Crippen LogP contribution is -2.34. The van der Waals surface area contributed by atoms with E-state index in [4.69, 9.17) is 0 Å². The number of carbonyl (C=O) groups is 3. The second-order valence-electron chi connectivity index (χ2n) is 5.44. The van der Waals surface area contributed by atoms with Crippen LogP contribution >= 0.6 is 0 Å². The Bertz CT molecular complexity index is 771. The summed E-state index contributed by atoms with van der Waals surface area (Å²) in [4.78, 5) is 37.3. The van der Waals surface area contributed by atoms with Crippen molar-refractivity contribution in [2.45, 2.75) is 19.4 Å². The van der Waals surface area contributed by atoms with E-state index in [2.05, 4.69) is 5.32 Å². The highest BCUT2D eigenvalue weighted by Crippen LogP contribution is 2.25. The maximum atomic E-state index is 12.5. The van der Waals surface area contributed by atoms with Gasteiger partial charge in [0.1, 0.15) is 6.04 Å². The van der Waals surface area contributed by atoms with Crippen molar-refractivity contribution in [1.29, 1.82) is 0 Å². The highest BCUT2D eigenvalue weighted by molar-refractivity contribution is 6.23. The highest BCUT2D eigenvalue weighted by atomic mass is 16.2. The minimum atomic E-state index is -0.620. The number of amides is 2. The molecule has 3 rings (SSSR count). The predicted molar refractivity (Wildman–Crippen MR) is 87.4 cm³/mol. The molecular formula is C18H16N2O3. The number of carbonyl (C=O) groups excluding carboxylic acids is 3. The smallest absolute Gasteiger partial charge is 0.256 e. The molecule has 0 aliphatic carbocycles. The largest absolute Gasteiger partial charge is 0.373 e. The summed E-state index contributed by atoms with van der Waals surface area (Å²) in [6, 6.07) is 15.2. The van der Waals surface area contributed by atoms with E-state index in [-0.39, 0.29) is 24.0 Å². The maximum Gasteiger partial charge on any atom is 0.256 e. The molecule has 0 spiro atoms. The van der Waals surface area contributed by atoms with Crippen LogP contribution in [-0.2, 0) is 9.59 Å². The summed E-state index contributed by atoms with van der Waals surface area (Å²) >= 11 is 0. The van der Waals surface area contributed by atoms with Crippen molar-refractivity contribution in [3.63, 3.8) is 0 Å². The number of rotatable bonds is 4. The molecule has 116 valence electrons. The summed E-state index contributed by atoms with van der Waals surface area (Å²) in [5, 5.41) is 3.05. The number of Topliss-reactive ketones (excluding diaryl/α,β-unsaturated/α-hetero) is 1. The van der Waals surface area contributed by atoms with Crippen LogP contribution in [0, 0.1) is 0 Å². The molecule has 2 aromatic carbocycles. The van der Waals surface area contributed by atoms with Crippen molar-refractivity contribution in [3.05, 3.63) is 60.2 Å². The minimum absolute atomic E-state index is 0.0478. The Labute approximate surface area is 133 Å². The van der Waals surface area contributed by atoms with Crippen molar-refractivity contribution in [2.24, 2.45) is 0 Å². The number of ketones is 1. The van der Waals surface area contributed by atoms with Crippen LogP contribution < -0.4 is 10.2 Å². The first kappa shape index (κ1) is 15.0. The Morgan fingerprint density at radius 2 is 1.83 bits per heavy atom. The Morgan fingerprint density at radius 1 is 1.09 bits per heavy atom. The highest BCUT2D eigenvalue weighted by Gasteiger charge is 2.39. The first-order valence-electron chi connectivity index (χ1n) is 7.35. The normalized spacial score (nSPS) is 17.4. The van der Waals surface area contributed by atoms with Gasteiger partial charge in [-0.25, -0.2) is 4.90 Å². The molecule has 23 heavy (non-hydrogen) atoms. The molecule has 2 amide bonds. The Balaban J connectivity index is 1.80. The van der Waals surface area contributed by atoms with Gasteiger partial charge >= 0.3 is 0 Å². The number of benzene rings is 2. The molecule has 1 aliphatic rings. The van der Waals surface area contributed by atoms with Gasteiger partial charge in [-0.15, -0.1) is 0 Å². The van der Waals surface area contributed by atoms with E-state index >= 15 is 0 Å². The number of nitrogens with zero attached hydrogens (tertiary/aromatic N) is 1. The van der Waals surface area contributed by atoms with E-state index in [1.54, 1.807) is 48.5 Å². The minimum Gasteiger partial charge on any atom is -0.373 e. The quantitative estimate of drug-likeness (QED) is 0.696.